The Morgan fingerprint density at radius 1 is 1.28 bits per heavy atom. The van der Waals surface area contributed by atoms with Gasteiger partial charge in [-0.1, -0.05) is 57.9 Å². The standard InChI is InChI=1S/C27H35N3O6/c1-4-5-6-7-17-8-10-18(11-9-17)21-12-19-14-30(27(33)29-25(19)36-21)23-13-20(31)22(35-23)15-34-26(32)24(28)16(2)3/h8-12,14,16,20,22-24,31H,4-7,13,15,28H2,1-3H3/t20-,22+,23+,24+/m0/s1. The molecule has 1 aromatic carbocycles. The molecule has 4 rings (SSSR count). The number of carbonyl (C=O) groups is 1. The van der Waals surface area contributed by atoms with Crippen molar-refractivity contribution in [2.45, 2.75) is 77.4 Å². The minimum Gasteiger partial charge on any atom is -0.462 e. The molecule has 0 unspecified atom stereocenters. The Morgan fingerprint density at radius 3 is 2.72 bits per heavy atom. The van der Waals surface area contributed by atoms with E-state index >= 15 is 0 Å². The van der Waals surface area contributed by atoms with Crippen LogP contribution in [0.15, 0.2) is 45.7 Å². The summed E-state index contributed by atoms with van der Waals surface area (Å²) in [6.45, 7) is 5.69. The minimum absolute atomic E-state index is 0.0698. The molecule has 3 N–H and O–H groups in total. The van der Waals surface area contributed by atoms with Crippen molar-refractivity contribution in [3.8, 4) is 11.3 Å². The number of fused-ring (bicyclic) bond motifs is 1. The summed E-state index contributed by atoms with van der Waals surface area (Å²) in [6.07, 6.45) is 4.00. The maximum atomic E-state index is 12.7. The molecule has 36 heavy (non-hydrogen) atoms. The molecule has 1 saturated heterocycles. The molecule has 1 aliphatic heterocycles. The average Bonchev–Trinajstić information content (AvgIpc) is 3.44. The second kappa shape index (κ2) is 11.4. The lowest BCUT2D eigenvalue weighted by molar-refractivity contribution is -0.152. The van der Waals surface area contributed by atoms with E-state index in [-0.39, 0.29) is 24.7 Å². The van der Waals surface area contributed by atoms with Gasteiger partial charge in [-0.25, -0.2) is 4.79 Å². The normalized spacial score (nSPS) is 20.8. The van der Waals surface area contributed by atoms with Crippen molar-refractivity contribution in [1.82, 2.24) is 9.55 Å². The minimum atomic E-state index is -0.906. The Hall–Kier alpha value is -3.01. The van der Waals surface area contributed by atoms with Gasteiger partial charge in [0.05, 0.1) is 11.5 Å². The van der Waals surface area contributed by atoms with E-state index in [0.29, 0.717) is 11.1 Å². The molecule has 9 nitrogen and oxygen atoms in total. The molecule has 1 fully saturated rings. The molecule has 0 saturated carbocycles. The summed E-state index contributed by atoms with van der Waals surface area (Å²) in [4.78, 5) is 28.8. The third-order valence-corrected chi connectivity index (χ3v) is 6.64. The van der Waals surface area contributed by atoms with Gasteiger partial charge in [0.15, 0.2) is 0 Å². The lowest BCUT2D eigenvalue weighted by atomic mass is 10.0. The van der Waals surface area contributed by atoms with Crippen LogP contribution in [0.1, 0.15) is 58.2 Å². The fourth-order valence-electron chi connectivity index (χ4n) is 4.26. The molecular weight excluding hydrogens is 462 g/mol. The van der Waals surface area contributed by atoms with Crippen LogP contribution in [-0.4, -0.2) is 45.5 Å². The van der Waals surface area contributed by atoms with E-state index in [4.69, 9.17) is 19.6 Å². The zero-order chi connectivity index (χ0) is 25.8. The van der Waals surface area contributed by atoms with Crippen molar-refractivity contribution >= 4 is 17.1 Å². The Bertz CT molecular complexity index is 1230. The molecule has 3 aromatic rings. The number of nitrogens with zero attached hydrogens (tertiary/aromatic N) is 2. The second-order valence-corrected chi connectivity index (χ2v) is 9.79. The van der Waals surface area contributed by atoms with Gasteiger partial charge in [-0.3, -0.25) is 9.36 Å². The quantitative estimate of drug-likeness (QED) is 0.321. The van der Waals surface area contributed by atoms with Crippen LogP contribution in [0.2, 0.25) is 0 Å². The monoisotopic (exact) mass is 497 g/mol. The number of aliphatic hydroxyl groups excluding tert-OH is 1. The van der Waals surface area contributed by atoms with Crippen LogP contribution < -0.4 is 11.4 Å². The van der Waals surface area contributed by atoms with Gasteiger partial charge in [0.1, 0.15) is 30.7 Å². The Morgan fingerprint density at radius 2 is 2.03 bits per heavy atom. The van der Waals surface area contributed by atoms with Gasteiger partial charge in [0.2, 0.25) is 5.71 Å². The lowest BCUT2D eigenvalue weighted by Crippen LogP contribution is -2.39. The molecule has 3 heterocycles. The van der Waals surface area contributed by atoms with Gasteiger partial charge in [0, 0.05) is 18.2 Å². The summed E-state index contributed by atoms with van der Waals surface area (Å²) in [6, 6.07) is 9.31. The van der Waals surface area contributed by atoms with Gasteiger partial charge in [-0.2, -0.15) is 4.98 Å². The van der Waals surface area contributed by atoms with Crippen molar-refractivity contribution in [3.05, 3.63) is 52.6 Å². The SMILES string of the molecule is CCCCCc1ccc(-c2cc3cn([C@H]4C[C@H](O)[C@@H](COC(=O)[C@H](N)C(C)C)O4)c(=O)nc3o2)cc1. The summed E-state index contributed by atoms with van der Waals surface area (Å²) < 4.78 is 18.3. The molecule has 0 radical (unpaired) electrons. The van der Waals surface area contributed by atoms with Crippen molar-refractivity contribution in [2.24, 2.45) is 11.7 Å². The number of furan rings is 1. The highest BCUT2D eigenvalue weighted by Gasteiger charge is 2.37. The second-order valence-electron chi connectivity index (χ2n) is 9.79. The molecule has 2 aromatic heterocycles. The van der Waals surface area contributed by atoms with Crippen LogP contribution in [0.25, 0.3) is 22.4 Å². The Labute approximate surface area is 210 Å². The van der Waals surface area contributed by atoms with E-state index in [9.17, 15) is 14.7 Å². The first kappa shape index (κ1) is 26.1. The smallest absolute Gasteiger partial charge is 0.353 e. The van der Waals surface area contributed by atoms with Crippen LogP contribution >= 0.6 is 0 Å². The number of aryl methyl sites for hydroxylation is 1. The first-order valence-electron chi connectivity index (χ1n) is 12.6. The lowest BCUT2D eigenvalue weighted by Gasteiger charge is -2.18. The molecule has 194 valence electrons. The third-order valence-electron chi connectivity index (χ3n) is 6.64. The molecule has 0 aliphatic carbocycles. The number of ether oxygens (including phenoxy) is 2. The van der Waals surface area contributed by atoms with E-state index in [1.807, 2.05) is 32.0 Å². The molecule has 0 amide bonds. The highest BCUT2D eigenvalue weighted by atomic mass is 16.6. The van der Waals surface area contributed by atoms with Crippen molar-refractivity contribution in [1.29, 1.82) is 0 Å². The zero-order valence-electron chi connectivity index (χ0n) is 21.1. The predicted molar refractivity (Wildman–Crippen MR) is 135 cm³/mol. The van der Waals surface area contributed by atoms with E-state index in [1.165, 1.54) is 29.4 Å². The summed E-state index contributed by atoms with van der Waals surface area (Å²) in [5, 5.41) is 11.1. The Balaban J connectivity index is 1.46. The molecule has 9 heteroatoms. The first-order valence-corrected chi connectivity index (χ1v) is 12.6. The topological polar surface area (TPSA) is 130 Å². The van der Waals surface area contributed by atoms with Gasteiger partial charge >= 0.3 is 11.7 Å². The molecule has 1 aliphatic rings. The first-order chi connectivity index (χ1) is 17.3. The number of rotatable bonds is 10. The largest absolute Gasteiger partial charge is 0.462 e. The number of carbonyl (C=O) groups excluding carboxylic acids is 1. The zero-order valence-corrected chi connectivity index (χ0v) is 21.1. The number of nitrogens with two attached hydrogens (primary N) is 1. The number of benzene rings is 1. The van der Waals surface area contributed by atoms with E-state index in [0.717, 1.165) is 12.0 Å². The molecule has 0 spiro atoms. The van der Waals surface area contributed by atoms with E-state index in [2.05, 4.69) is 24.0 Å². The fourth-order valence-corrected chi connectivity index (χ4v) is 4.26. The van der Waals surface area contributed by atoms with Crippen molar-refractivity contribution in [2.75, 3.05) is 6.61 Å². The van der Waals surface area contributed by atoms with Crippen LogP contribution in [0.5, 0.6) is 0 Å². The molecular formula is C27H35N3O6. The fraction of sp³-hybridized carbons (Fsp3) is 0.519. The Kier molecular flexibility index (Phi) is 8.23. The third kappa shape index (κ3) is 5.86. The highest BCUT2D eigenvalue weighted by molar-refractivity contribution is 5.79. The summed E-state index contributed by atoms with van der Waals surface area (Å²) in [5.74, 6) is -0.00235. The molecule has 4 atom stereocenters. The van der Waals surface area contributed by atoms with Crippen LogP contribution in [-0.2, 0) is 20.7 Å². The number of aliphatic hydroxyl groups is 1. The summed E-state index contributed by atoms with van der Waals surface area (Å²) in [7, 11) is 0. The van der Waals surface area contributed by atoms with Crippen molar-refractivity contribution in [3.63, 3.8) is 0 Å². The number of hydrogen-bond acceptors (Lipinski definition) is 8. The van der Waals surface area contributed by atoms with Crippen molar-refractivity contribution < 1.29 is 23.8 Å². The van der Waals surface area contributed by atoms with Gasteiger partial charge in [0.25, 0.3) is 0 Å². The van der Waals surface area contributed by atoms with Crippen LogP contribution in [0.4, 0.5) is 0 Å². The number of hydrogen-bond donors (Lipinski definition) is 2. The number of unbranched alkanes of at least 4 members (excludes halogenated alkanes) is 2. The van der Waals surface area contributed by atoms with Crippen LogP contribution in [0, 0.1) is 5.92 Å². The van der Waals surface area contributed by atoms with Gasteiger partial charge < -0.3 is 24.7 Å². The summed E-state index contributed by atoms with van der Waals surface area (Å²) >= 11 is 0. The van der Waals surface area contributed by atoms with Gasteiger partial charge in [-0.05, 0) is 30.4 Å². The predicted octanol–water partition coefficient (Wildman–Crippen LogP) is 3.56. The molecule has 0 bridgehead atoms. The summed E-state index contributed by atoms with van der Waals surface area (Å²) in [5.41, 5.74) is 7.68. The average molecular weight is 498 g/mol. The number of aromatic nitrogens is 2. The van der Waals surface area contributed by atoms with Gasteiger partial charge in [-0.15, -0.1) is 0 Å². The highest BCUT2D eigenvalue weighted by Crippen LogP contribution is 2.31. The van der Waals surface area contributed by atoms with Crippen LogP contribution in [0.3, 0.4) is 0 Å². The number of esters is 1. The van der Waals surface area contributed by atoms with E-state index in [1.54, 1.807) is 6.20 Å². The van der Waals surface area contributed by atoms with E-state index < -0.39 is 36.1 Å². The maximum Gasteiger partial charge on any atom is 0.353 e. The maximum absolute atomic E-state index is 12.7.